The lowest BCUT2D eigenvalue weighted by Crippen LogP contribution is -2.56. The van der Waals surface area contributed by atoms with Crippen LogP contribution >= 0.6 is 11.8 Å². The summed E-state index contributed by atoms with van der Waals surface area (Å²) < 4.78 is -0.558. The second-order valence-electron chi connectivity index (χ2n) is 7.80. The number of aliphatic hydroxyl groups is 1. The Morgan fingerprint density at radius 2 is 2.11 bits per heavy atom. The highest BCUT2D eigenvalue weighted by Gasteiger charge is 2.74. The molecule has 3 N–H and O–H groups in total. The summed E-state index contributed by atoms with van der Waals surface area (Å²) in [6, 6.07) is -1.02. The van der Waals surface area contributed by atoms with Crippen LogP contribution < -0.4 is 10.6 Å². The zero-order valence-electron chi connectivity index (χ0n) is 16.4. The SMILES string of the molecule is CCCCNC(=O)C1N([C@@H](CC)CO)C(=O)[C@@H]2[C@@H](C(=O)NC)[C@H]3CCC12S3. The molecule has 0 aliphatic carbocycles. The van der Waals surface area contributed by atoms with Gasteiger partial charge in [0.1, 0.15) is 6.04 Å². The Morgan fingerprint density at radius 1 is 1.37 bits per heavy atom. The number of amides is 3. The van der Waals surface area contributed by atoms with Gasteiger partial charge in [-0.1, -0.05) is 20.3 Å². The van der Waals surface area contributed by atoms with Crippen LogP contribution in [0, 0.1) is 11.8 Å². The molecule has 2 bridgehead atoms. The van der Waals surface area contributed by atoms with E-state index in [1.807, 2.05) is 6.92 Å². The van der Waals surface area contributed by atoms with Crippen LogP contribution in [0.15, 0.2) is 0 Å². The molecule has 3 heterocycles. The van der Waals surface area contributed by atoms with Crippen LogP contribution in [-0.4, -0.2) is 70.0 Å². The Labute approximate surface area is 165 Å². The number of carbonyl (C=O) groups excluding carboxylic acids is 3. The van der Waals surface area contributed by atoms with Gasteiger partial charge in [0.05, 0.1) is 29.2 Å². The second kappa shape index (κ2) is 7.99. The van der Waals surface area contributed by atoms with Gasteiger partial charge in [0.2, 0.25) is 17.7 Å². The van der Waals surface area contributed by atoms with Gasteiger partial charge in [0.25, 0.3) is 0 Å². The number of fused-ring (bicyclic) bond motifs is 1. The number of unbranched alkanes of at least 4 members (excludes halogenated alkanes) is 1. The molecule has 0 aromatic heterocycles. The Bertz CT molecular complexity index is 612. The predicted molar refractivity (Wildman–Crippen MR) is 104 cm³/mol. The van der Waals surface area contributed by atoms with Crippen LogP contribution in [0.5, 0.6) is 0 Å². The number of carbonyl (C=O) groups is 3. The molecule has 27 heavy (non-hydrogen) atoms. The van der Waals surface area contributed by atoms with Crippen LogP contribution in [0.2, 0.25) is 0 Å². The molecule has 7 nitrogen and oxygen atoms in total. The average molecular weight is 398 g/mol. The maximum Gasteiger partial charge on any atom is 0.244 e. The summed E-state index contributed by atoms with van der Waals surface area (Å²) in [7, 11) is 1.60. The van der Waals surface area contributed by atoms with E-state index in [-0.39, 0.29) is 29.6 Å². The number of hydrogen-bond donors (Lipinski definition) is 3. The van der Waals surface area contributed by atoms with Crippen molar-refractivity contribution < 1.29 is 19.5 Å². The number of nitrogens with zero attached hydrogens (tertiary/aromatic N) is 1. The van der Waals surface area contributed by atoms with Crippen LogP contribution in [0.4, 0.5) is 0 Å². The fourth-order valence-electron chi connectivity index (χ4n) is 5.15. The third kappa shape index (κ3) is 3.05. The Morgan fingerprint density at radius 3 is 2.70 bits per heavy atom. The normalized spacial score (nSPS) is 35.3. The Hall–Kier alpha value is -1.28. The largest absolute Gasteiger partial charge is 0.394 e. The van der Waals surface area contributed by atoms with Crippen molar-refractivity contribution in [3.8, 4) is 0 Å². The molecule has 3 rings (SSSR count). The standard InChI is InChI=1S/C19H31N3O4S/c1-4-6-9-21-17(25)15-19-8-7-12(27-19)13(16(24)20-3)14(19)18(26)22(15)11(5-2)10-23/h11-15,23H,4-10H2,1-3H3,(H,20,24)(H,21,25)/t11-,12+,13-,14-,15?,19?/m0/s1. The molecule has 0 aromatic rings. The summed E-state index contributed by atoms with van der Waals surface area (Å²) in [6.07, 6.45) is 4.04. The first kappa shape index (κ1) is 20.5. The molecular weight excluding hydrogens is 366 g/mol. The number of aliphatic hydroxyl groups excluding tert-OH is 1. The van der Waals surface area contributed by atoms with Crippen LogP contribution in [-0.2, 0) is 14.4 Å². The molecule has 6 atom stereocenters. The zero-order valence-corrected chi connectivity index (χ0v) is 17.2. The molecule has 3 aliphatic rings. The van der Waals surface area contributed by atoms with Gasteiger partial charge >= 0.3 is 0 Å². The number of nitrogens with one attached hydrogen (secondary N) is 2. The molecule has 3 saturated heterocycles. The summed E-state index contributed by atoms with van der Waals surface area (Å²) in [5, 5.41) is 15.6. The molecule has 3 aliphatic heterocycles. The van der Waals surface area contributed by atoms with E-state index in [0.29, 0.717) is 13.0 Å². The second-order valence-corrected chi connectivity index (χ2v) is 9.41. The lowest BCUT2D eigenvalue weighted by atomic mass is 9.71. The van der Waals surface area contributed by atoms with Crippen molar-refractivity contribution in [2.24, 2.45) is 11.8 Å². The first-order chi connectivity index (χ1) is 13.0. The topological polar surface area (TPSA) is 98.7 Å². The molecule has 3 amide bonds. The number of likely N-dealkylation sites (tertiary alicyclic amines) is 1. The maximum absolute atomic E-state index is 13.4. The van der Waals surface area contributed by atoms with E-state index in [2.05, 4.69) is 17.6 Å². The molecule has 0 saturated carbocycles. The summed E-state index contributed by atoms with van der Waals surface area (Å²) >= 11 is 1.66. The van der Waals surface area contributed by atoms with Gasteiger partial charge in [-0.2, -0.15) is 0 Å². The Balaban J connectivity index is 1.98. The van der Waals surface area contributed by atoms with Gasteiger partial charge in [-0.05, 0) is 25.7 Å². The first-order valence-electron chi connectivity index (χ1n) is 10.1. The first-order valence-corrected chi connectivity index (χ1v) is 10.9. The van der Waals surface area contributed by atoms with Gasteiger partial charge in [-0.3, -0.25) is 14.4 Å². The molecule has 152 valence electrons. The van der Waals surface area contributed by atoms with Gasteiger partial charge in [0.15, 0.2) is 0 Å². The van der Waals surface area contributed by atoms with Crippen molar-refractivity contribution in [1.82, 2.24) is 15.5 Å². The average Bonchev–Trinajstić information content (AvgIpc) is 3.30. The summed E-state index contributed by atoms with van der Waals surface area (Å²) in [6.45, 7) is 4.38. The fraction of sp³-hybridized carbons (Fsp3) is 0.842. The highest BCUT2D eigenvalue weighted by atomic mass is 32.2. The minimum atomic E-state index is -0.617. The zero-order chi connectivity index (χ0) is 19.8. The molecule has 3 fully saturated rings. The van der Waals surface area contributed by atoms with Gasteiger partial charge in [-0.25, -0.2) is 0 Å². The molecule has 0 radical (unpaired) electrons. The van der Waals surface area contributed by atoms with Crippen molar-refractivity contribution in [3.63, 3.8) is 0 Å². The van der Waals surface area contributed by atoms with E-state index < -0.39 is 28.7 Å². The quantitative estimate of drug-likeness (QED) is 0.519. The van der Waals surface area contributed by atoms with Crippen LogP contribution in [0.3, 0.4) is 0 Å². The van der Waals surface area contributed by atoms with E-state index in [4.69, 9.17) is 0 Å². The van der Waals surface area contributed by atoms with E-state index in [9.17, 15) is 19.5 Å². The monoisotopic (exact) mass is 397 g/mol. The molecule has 0 aromatic carbocycles. The van der Waals surface area contributed by atoms with Crippen LogP contribution in [0.1, 0.15) is 46.0 Å². The maximum atomic E-state index is 13.4. The summed E-state index contributed by atoms with van der Waals surface area (Å²) in [5.41, 5.74) is 0. The number of thioether (sulfide) groups is 1. The Kier molecular flexibility index (Phi) is 6.05. The lowest BCUT2D eigenvalue weighted by molar-refractivity contribution is -0.142. The number of rotatable bonds is 8. The van der Waals surface area contributed by atoms with Crippen LogP contribution in [0.25, 0.3) is 0 Å². The van der Waals surface area contributed by atoms with E-state index >= 15 is 0 Å². The van der Waals surface area contributed by atoms with E-state index in [1.165, 1.54) is 0 Å². The highest BCUT2D eigenvalue weighted by molar-refractivity contribution is 8.02. The van der Waals surface area contributed by atoms with Crippen molar-refractivity contribution in [2.45, 2.75) is 68.0 Å². The third-order valence-corrected chi connectivity index (χ3v) is 8.39. The molecule has 8 heteroatoms. The van der Waals surface area contributed by atoms with E-state index in [0.717, 1.165) is 25.7 Å². The van der Waals surface area contributed by atoms with Gasteiger partial charge < -0.3 is 20.6 Å². The third-order valence-electron chi connectivity index (χ3n) is 6.44. The predicted octanol–water partition coefficient (Wildman–Crippen LogP) is 0.511. The minimum absolute atomic E-state index is 0.0844. The fourth-order valence-corrected chi connectivity index (χ4v) is 7.36. The molecule has 2 unspecified atom stereocenters. The molecular formula is C19H31N3O4S. The lowest BCUT2D eigenvalue weighted by Gasteiger charge is -2.36. The highest BCUT2D eigenvalue weighted by Crippen LogP contribution is 2.66. The van der Waals surface area contributed by atoms with Gasteiger partial charge in [-0.15, -0.1) is 11.8 Å². The van der Waals surface area contributed by atoms with Crippen molar-refractivity contribution in [3.05, 3.63) is 0 Å². The van der Waals surface area contributed by atoms with E-state index in [1.54, 1.807) is 23.7 Å². The van der Waals surface area contributed by atoms with Crippen molar-refractivity contribution >= 4 is 29.5 Å². The summed E-state index contributed by atoms with van der Waals surface area (Å²) in [5.74, 6) is -1.28. The summed E-state index contributed by atoms with van der Waals surface area (Å²) in [4.78, 5) is 40.8. The smallest absolute Gasteiger partial charge is 0.244 e. The van der Waals surface area contributed by atoms with Crippen molar-refractivity contribution in [1.29, 1.82) is 0 Å². The minimum Gasteiger partial charge on any atom is -0.394 e. The van der Waals surface area contributed by atoms with Crippen molar-refractivity contribution in [2.75, 3.05) is 20.2 Å². The number of hydrogen-bond acceptors (Lipinski definition) is 5. The van der Waals surface area contributed by atoms with Gasteiger partial charge in [0, 0.05) is 18.8 Å². The molecule has 1 spiro atoms.